The molecule has 7 heteroatoms. The first-order valence-electron chi connectivity index (χ1n) is 8.36. The van der Waals surface area contributed by atoms with Gasteiger partial charge < -0.3 is 9.47 Å². The van der Waals surface area contributed by atoms with Crippen LogP contribution in [0.2, 0.25) is 0 Å². The molecule has 4 aromatic rings. The molecule has 6 nitrogen and oxygen atoms in total. The van der Waals surface area contributed by atoms with Gasteiger partial charge in [-0.2, -0.15) is 5.10 Å². The van der Waals surface area contributed by atoms with Gasteiger partial charge in [0.15, 0.2) is 5.65 Å². The quantitative estimate of drug-likeness (QED) is 0.386. The Morgan fingerprint density at radius 1 is 1.19 bits per heavy atom. The number of benzene rings is 1. The number of nitrogens with zero attached hydrogens (tertiary/aromatic N) is 3. The largest absolute Gasteiger partial charge is 0.497 e. The summed E-state index contributed by atoms with van der Waals surface area (Å²) in [5.74, 6) is 0.715. The second kappa shape index (κ2) is 7.20. The molecule has 0 saturated carbocycles. The Morgan fingerprint density at radius 3 is 2.67 bits per heavy atom. The molecule has 0 spiro atoms. The molecule has 0 unspecified atom stereocenters. The number of pyridine rings is 1. The zero-order chi connectivity index (χ0) is 18.8. The van der Waals surface area contributed by atoms with Crippen LogP contribution in [-0.2, 0) is 6.54 Å². The minimum absolute atomic E-state index is 0.439. The van der Waals surface area contributed by atoms with E-state index in [1.165, 1.54) is 4.88 Å². The highest BCUT2D eigenvalue weighted by Gasteiger charge is 2.18. The number of carbonyl (C=O) groups excluding carboxylic acids is 1. The molecule has 27 heavy (non-hydrogen) atoms. The van der Waals surface area contributed by atoms with Crippen molar-refractivity contribution in [3.05, 3.63) is 70.2 Å². The fourth-order valence-electron chi connectivity index (χ4n) is 2.81. The van der Waals surface area contributed by atoms with Crippen molar-refractivity contribution < 1.29 is 14.3 Å². The molecule has 1 aromatic carbocycles. The van der Waals surface area contributed by atoms with E-state index in [1.807, 2.05) is 24.4 Å². The molecule has 0 aliphatic carbocycles. The molecule has 0 aliphatic heterocycles. The molecule has 0 atom stereocenters. The van der Waals surface area contributed by atoms with Crippen molar-refractivity contribution >= 4 is 28.3 Å². The van der Waals surface area contributed by atoms with Crippen LogP contribution in [0, 0.1) is 6.92 Å². The number of methoxy groups -OCH3 is 1. The first-order chi connectivity index (χ1) is 13.1. The van der Waals surface area contributed by atoms with Gasteiger partial charge in [0.05, 0.1) is 30.8 Å². The van der Waals surface area contributed by atoms with Crippen LogP contribution in [0.1, 0.15) is 20.9 Å². The summed E-state index contributed by atoms with van der Waals surface area (Å²) in [4.78, 5) is 18.5. The summed E-state index contributed by atoms with van der Waals surface area (Å²) in [5, 5.41) is 7.12. The number of esters is 1. The Balaban J connectivity index is 1.66. The maximum Gasteiger partial charge on any atom is 0.344 e. The molecule has 0 radical (unpaired) electrons. The Kier molecular flexibility index (Phi) is 4.60. The van der Waals surface area contributed by atoms with Crippen molar-refractivity contribution in [3.63, 3.8) is 0 Å². The van der Waals surface area contributed by atoms with Crippen molar-refractivity contribution in [1.29, 1.82) is 0 Å². The molecule has 136 valence electrons. The molecule has 3 heterocycles. The van der Waals surface area contributed by atoms with Crippen LogP contribution in [-0.4, -0.2) is 27.8 Å². The Labute approximate surface area is 160 Å². The molecule has 0 fully saturated rings. The summed E-state index contributed by atoms with van der Waals surface area (Å²) >= 11 is 1.66. The van der Waals surface area contributed by atoms with Crippen LogP contribution in [0.25, 0.3) is 11.0 Å². The predicted molar refractivity (Wildman–Crippen MR) is 104 cm³/mol. The second-order valence-corrected chi connectivity index (χ2v) is 7.03. The third kappa shape index (κ3) is 3.54. The fourth-order valence-corrected chi connectivity index (χ4v) is 3.50. The van der Waals surface area contributed by atoms with Gasteiger partial charge in [-0.25, -0.2) is 14.5 Å². The van der Waals surface area contributed by atoms with Crippen molar-refractivity contribution in [2.24, 2.45) is 0 Å². The van der Waals surface area contributed by atoms with E-state index in [2.05, 4.69) is 10.1 Å². The number of carbonyl (C=O) groups is 1. The van der Waals surface area contributed by atoms with Crippen LogP contribution >= 0.6 is 11.3 Å². The lowest BCUT2D eigenvalue weighted by Crippen LogP contribution is -2.10. The number of rotatable bonds is 5. The van der Waals surface area contributed by atoms with Crippen LogP contribution in [0.4, 0.5) is 0 Å². The Hall–Kier alpha value is -3.19. The average Bonchev–Trinajstić information content (AvgIpc) is 3.32. The highest BCUT2D eigenvalue weighted by molar-refractivity contribution is 7.09. The molecular weight excluding hydrogens is 362 g/mol. The minimum Gasteiger partial charge on any atom is -0.497 e. The molecule has 3 aromatic heterocycles. The van der Waals surface area contributed by atoms with E-state index in [9.17, 15) is 4.79 Å². The van der Waals surface area contributed by atoms with E-state index in [1.54, 1.807) is 59.7 Å². The average molecular weight is 379 g/mol. The van der Waals surface area contributed by atoms with Crippen LogP contribution < -0.4 is 9.47 Å². The van der Waals surface area contributed by atoms with Crippen molar-refractivity contribution in [2.75, 3.05) is 7.11 Å². The third-order valence-corrected chi connectivity index (χ3v) is 4.97. The number of hydrogen-bond acceptors (Lipinski definition) is 6. The number of fused-ring (bicyclic) bond motifs is 1. The number of aromatic nitrogens is 3. The Bertz CT molecular complexity index is 1090. The number of thiophene rings is 1. The lowest BCUT2D eigenvalue weighted by molar-refractivity contribution is 0.0736. The number of hydrogen-bond donors (Lipinski definition) is 0. The second-order valence-electron chi connectivity index (χ2n) is 6.00. The zero-order valence-electron chi connectivity index (χ0n) is 14.9. The highest BCUT2D eigenvalue weighted by Crippen LogP contribution is 2.23. The van der Waals surface area contributed by atoms with E-state index >= 15 is 0 Å². The smallest absolute Gasteiger partial charge is 0.344 e. The number of ether oxygens (including phenoxy) is 2. The van der Waals surface area contributed by atoms with E-state index in [4.69, 9.17) is 9.47 Å². The van der Waals surface area contributed by atoms with Gasteiger partial charge in [0.2, 0.25) is 0 Å². The minimum atomic E-state index is -0.439. The lowest BCUT2D eigenvalue weighted by atomic mass is 10.1. The summed E-state index contributed by atoms with van der Waals surface area (Å²) < 4.78 is 12.4. The normalized spacial score (nSPS) is 10.9. The van der Waals surface area contributed by atoms with E-state index in [0.717, 1.165) is 5.69 Å². The van der Waals surface area contributed by atoms with Crippen molar-refractivity contribution in [3.8, 4) is 11.5 Å². The topological polar surface area (TPSA) is 66.2 Å². The predicted octanol–water partition coefficient (Wildman–Crippen LogP) is 4.08. The van der Waals surface area contributed by atoms with Gasteiger partial charge in [0, 0.05) is 10.6 Å². The molecule has 0 amide bonds. The summed E-state index contributed by atoms with van der Waals surface area (Å²) in [7, 11) is 1.59. The molecule has 0 aliphatic rings. The van der Waals surface area contributed by atoms with Crippen LogP contribution in [0.15, 0.2) is 54.0 Å². The van der Waals surface area contributed by atoms with Gasteiger partial charge in [-0.1, -0.05) is 6.07 Å². The van der Waals surface area contributed by atoms with Gasteiger partial charge in [-0.3, -0.25) is 0 Å². The van der Waals surface area contributed by atoms with Gasteiger partial charge in [-0.05, 0) is 48.7 Å². The van der Waals surface area contributed by atoms with Crippen LogP contribution in [0.3, 0.4) is 0 Å². The van der Waals surface area contributed by atoms with E-state index < -0.39 is 5.97 Å². The van der Waals surface area contributed by atoms with Gasteiger partial charge in [-0.15, -0.1) is 11.3 Å². The van der Waals surface area contributed by atoms with Gasteiger partial charge in [0.25, 0.3) is 0 Å². The third-order valence-electron chi connectivity index (χ3n) is 4.11. The lowest BCUT2D eigenvalue weighted by Gasteiger charge is -2.08. The SMILES string of the molecule is COc1ccc(OC(=O)c2cc(C)nc3c2cnn3Cc2cccs2)cc1. The first kappa shape index (κ1) is 17.2. The standard InChI is InChI=1S/C20H17N3O3S/c1-13-10-17(20(24)26-15-7-5-14(25-2)6-8-15)18-11-21-23(19(18)22-13)12-16-4-3-9-27-16/h3-11H,12H2,1-2H3. The zero-order valence-corrected chi connectivity index (χ0v) is 15.7. The Morgan fingerprint density at radius 2 is 1.96 bits per heavy atom. The first-order valence-corrected chi connectivity index (χ1v) is 9.24. The molecule has 4 rings (SSSR count). The summed E-state index contributed by atoms with van der Waals surface area (Å²) in [6, 6.07) is 12.7. The maximum atomic E-state index is 12.7. The highest BCUT2D eigenvalue weighted by atomic mass is 32.1. The monoisotopic (exact) mass is 379 g/mol. The van der Waals surface area contributed by atoms with Gasteiger partial charge in [0.1, 0.15) is 11.5 Å². The molecule has 0 bridgehead atoms. The molecule has 0 saturated heterocycles. The summed E-state index contributed by atoms with van der Waals surface area (Å²) in [5.41, 5.74) is 1.85. The van der Waals surface area contributed by atoms with Crippen molar-refractivity contribution in [2.45, 2.75) is 13.5 Å². The van der Waals surface area contributed by atoms with Gasteiger partial charge >= 0.3 is 5.97 Å². The summed E-state index contributed by atoms with van der Waals surface area (Å²) in [6.07, 6.45) is 1.67. The number of aryl methyl sites for hydroxylation is 1. The van der Waals surface area contributed by atoms with Crippen molar-refractivity contribution in [1.82, 2.24) is 14.8 Å². The molecular formula is C20H17N3O3S. The van der Waals surface area contributed by atoms with Crippen LogP contribution in [0.5, 0.6) is 11.5 Å². The maximum absolute atomic E-state index is 12.7. The van der Waals surface area contributed by atoms with E-state index in [0.29, 0.717) is 34.6 Å². The molecule has 0 N–H and O–H groups in total. The van der Waals surface area contributed by atoms with E-state index in [-0.39, 0.29) is 0 Å². The summed E-state index contributed by atoms with van der Waals surface area (Å²) in [6.45, 7) is 2.47. The fraction of sp³-hybridized carbons (Fsp3) is 0.150.